The Labute approximate surface area is 151 Å². The Kier molecular flexibility index (Phi) is 5.02. The van der Waals surface area contributed by atoms with Crippen LogP contribution in [0, 0.1) is 5.92 Å². The molecule has 26 heavy (non-hydrogen) atoms. The van der Waals surface area contributed by atoms with Crippen LogP contribution < -0.4 is 5.32 Å². The van der Waals surface area contributed by atoms with E-state index in [0.717, 1.165) is 5.56 Å². The van der Waals surface area contributed by atoms with Gasteiger partial charge in [0.15, 0.2) is 0 Å². The van der Waals surface area contributed by atoms with Crippen molar-refractivity contribution in [3.05, 3.63) is 65.7 Å². The lowest BCUT2D eigenvalue weighted by Gasteiger charge is -2.25. The zero-order valence-electron chi connectivity index (χ0n) is 14.4. The summed E-state index contributed by atoms with van der Waals surface area (Å²) in [5, 5.41) is 11.7. The standard InChI is InChI=1S/C20H20N2O4/c1-13(14-5-3-2-4-6-14)22-12-16(11-18(22)23)19(24)21-17-9-7-15(8-10-17)20(25)26/h2-10,13,16H,11-12H2,1H3,(H,21,24)(H,25,26)/t13-,16+/m0/s1. The molecule has 0 saturated carbocycles. The molecule has 0 unspecified atom stereocenters. The van der Waals surface area contributed by atoms with E-state index in [1.807, 2.05) is 37.3 Å². The third kappa shape index (κ3) is 3.74. The number of aromatic carboxylic acids is 1. The molecule has 134 valence electrons. The van der Waals surface area contributed by atoms with E-state index < -0.39 is 11.9 Å². The summed E-state index contributed by atoms with van der Waals surface area (Å²) in [6.45, 7) is 2.33. The first kappa shape index (κ1) is 17.7. The predicted molar refractivity (Wildman–Crippen MR) is 96.7 cm³/mol. The Morgan fingerprint density at radius 2 is 1.77 bits per heavy atom. The van der Waals surface area contributed by atoms with Crippen LogP contribution in [0.25, 0.3) is 0 Å². The second-order valence-corrected chi connectivity index (χ2v) is 6.41. The van der Waals surface area contributed by atoms with E-state index in [4.69, 9.17) is 5.11 Å². The summed E-state index contributed by atoms with van der Waals surface area (Å²) in [6, 6.07) is 15.6. The van der Waals surface area contributed by atoms with E-state index >= 15 is 0 Å². The monoisotopic (exact) mass is 352 g/mol. The fraction of sp³-hybridized carbons (Fsp3) is 0.250. The smallest absolute Gasteiger partial charge is 0.335 e. The Balaban J connectivity index is 1.64. The molecule has 0 aromatic heterocycles. The summed E-state index contributed by atoms with van der Waals surface area (Å²) in [5.74, 6) is -1.71. The third-order valence-corrected chi connectivity index (χ3v) is 4.68. The van der Waals surface area contributed by atoms with Crippen LogP contribution in [-0.4, -0.2) is 34.3 Å². The molecule has 2 amide bonds. The molecule has 2 atom stereocenters. The highest BCUT2D eigenvalue weighted by molar-refractivity contribution is 5.97. The third-order valence-electron chi connectivity index (χ3n) is 4.68. The van der Waals surface area contributed by atoms with Crippen molar-refractivity contribution in [1.29, 1.82) is 0 Å². The molecule has 2 aromatic rings. The second kappa shape index (κ2) is 7.39. The maximum Gasteiger partial charge on any atom is 0.335 e. The number of anilines is 1. The number of rotatable bonds is 5. The molecule has 6 heteroatoms. The molecule has 0 radical (unpaired) electrons. The summed E-state index contributed by atoms with van der Waals surface area (Å²) in [4.78, 5) is 37.4. The predicted octanol–water partition coefficient (Wildman–Crippen LogP) is 2.93. The molecule has 0 aliphatic carbocycles. The van der Waals surface area contributed by atoms with E-state index in [9.17, 15) is 14.4 Å². The van der Waals surface area contributed by atoms with E-state index in [2.05, 4.69) is 5.32 Å². The lowest BCUT2D eigenvalue weighted by Crippen LogP contribution is -2.30. The van der Waals surface area contributed by atoms with Crippen molar-refractivity contribution in [2.45, 2.75) is 19.4 Å². The maximum atomic E-state index is 12.5. The Morgan fingerprint density at radius 3 is 2.38 bits per heavy atom. The Hall–Kier alpha value is -3.15. The molecule has 1 heterocycles. The van der Waals surface area contributed by atoms with Gasteiger partial charge in [-0.1, -0.05) is 30.3 Å². The number of nitrogens with one attached hydrogen (secondary N) is 1. The van der Waals surface area contributed by atoms with Crippen molar-refractivity contribution in [3.63, 3.8) is 0 Å². The van der Waals surface area contributed by atoms with Crippen molar-refractivity contribution < 1.29 is 19.5 Å². The average Bonchev–Trinajstić information content (AvgIpc) is 3.04. The van der Waals surface area contributed by atoms with Crippen LogP contribution in [0.4, 0.5) is 5.69 Å². The van der Waals surface area contributed by atoms with Crippen LogP contribution in [0.1, 0.15) is 35.3 Å². The summed E-state index contributed by atoms with van der Waals surface area (Å²) in [7, 11) is 0. The molecule has 0 spiro atoms. The van der Waals surface area contributed by atoms with Gasteiger partial charge in [0.25, 0.3) is 0 Å². The summed E-state index contributed by atoms with van der Waals surface area (Å²) in [5.41, 5.74) is 1.70. The van der Waals surface area contributed by atoms with Crippen LogP contribution in [-0.2, 0) is 9.59 Å². The van der Waals surface area contributed by atoms with Crippen LogP contribution in [0.3, 0.4) is 0 Å². The van der Waals surface area contributed by atoms with E-state index in [1.165, 1.54) is 12.1 Å². The first-order valence-corrected chi connectivity index (χ1v) is 8.44. The Morgan fingerprint density at radius 1 is 1.12 bits per heavy atom. The van der Waals surface area contributed by atoms with Gasteiger partial charge in [0.2, 0.25) is 11.8 Å². The molecule has 1 aliphatic heterocycles. The number of hydrogen-bond acceptors (Lipinski definition) is 3. The zero-order valence-corrected chi connectivity index (χ0v) is 14.4. The van der Waals surface area contributed by atoms with Crippen LogP contribution in [0.5, 0.6) is 0 Å². The molecule has 1 aliphatic rings. The maximum absolute atomic E-state index is 12.5. The van der Waals surface area contributed by atoms with Gasteiger partial charge < -0.3 is 15.3 Å². The number of carbonyl (C=O) groups is 3. The minimum absolute atomic E-state index is 0.0391. The topological polar surface area (TPSA) is 86.7 Å². The SMILES string of the molecule is C[C@@H](c1ccccc1)N1C[C@H](C(=O)Nc2ccc(C(=O)O)cc2)CC1=O. The van der Waals surface area contributed by atoms with Gasteiger partial charge >= 0.3 is 5.97 Å². The van der Waals surface area contributed by atoms with E-state index in [1.54, 1.807) is 17.0 Å². The highest BCUT2D eigenvalue weighted by Gasteiger charge is 2.37. The van der Waals surface area contributed by atoms with Crippen molar-refractivity contribution in [1.82, 2.24) is 4.90 Å². The lowest BCUT2D eigenvalue weighted by atomic mass is 10.1. The number of likely N-dealkylation sites (tertiary alicyclic amines) is 1. The van der Waals surface area contributed by atoms with Crippen molar-refractivity contribution in [3.8, 4) is 0 Å². The molecule has 0 bridgehead atoms. The number of benzene rings is 2. The van der Waals surface area contributed by atoms with Crippen molar-refractivity contribution in [2.75, 3.05) is 11.9 Å². The number of carboxylic acid groups (broad SMARTS) is 1. The first-order valence-electron chi connectivity index (χ1n) is 8.44. The van der Waals surface area contributed by atoms with Crippen LogP contribution >= 0.6 is 0 Å². The van der Waals surface area contributed by atoms with Gasteiger partial charge in [-0.15, -0.1) is 0 Å². The van der Waals surface area contributed by atoms with Gasteiger partial charge in [0.1, 0.15) is 0 Å². The molecule has 6 nitrogen and oxygen atoms in total. The molecular formula is C20H20N2O4. The number of nitrogens with zero attached hydrogens (tertiary/aromatic N) is 1. The van der Waals surface area contributed by atoms with Crippen molar-refractivity contribution >= 4 is 23.5 Å². The van der Waals surface area contributed by atoms with Gasteiger partial charge in [-0.05, 0) is 36.8 Å². The average molecular weight is 352 g/mol. The second-order valence-electron chi connectivity index (χ2n) is 6.41. The first-order chi connectivity index (χ1) is 12.5. The Bertz CT molecular complexity index is 817. The molecule has 2 N–H and O–H groups in total. The minimum Gasteiger partial charge on any atom is -0.478 e. The molecule has 2 aromatic carbocycles. The fourth-order valence-corrected chi connectivity index (χ4v) is 3.13. The van der Waals surface area contributed by atoms with Gasteiger partial charge in [-0.25, -0.2) is 4.79 Å². The van der Waals surface area contributed by atoms with Gasteiger partial charge in [-0.2, -0.15) is 0 Å². The number of hydrogen-bond donors (Lipinski definition) is 2. The number of amides is 2. The molecule has 1 fully saturated rings. The summed E-state index contributed by atoms with van der Waals surface area (Å²) < 4.78 is 0. The largest absolute Gasteiger partial charge is 0.478 e. The van der Waals surface area contributed by atoms with Crippen molar-refractivity contribution in [2.24, 2.45) is 5.92 Å². The highest BCUT2D eigenvalue weighted by atomic mass is 16.4. The highest BCUT2D eigenvalue weighted by Crippen LogP contribution is 2.29. The van der Waals surface area contributed by atoms with Crippen LogP contribution in [0.15, 0.2) is 54.6 Å². The quantitative estimate of drug-likeness (QED) is 0.866. The summed E-state index contributed by atoms with van der Waals surface area (Å²) >= 11 is 0. The van der Waals surface area contributed by atoms with Gasteiger partial charge in [0, 0.05) is 18.7 Å². The number of carbonyl (C=O) groups excluding carboxylic acids is 2. The fourth-order valence-electron chi connectivity index (χ4n) is 3.13. The molecule has 3 rings (SSSR count). The lowest BCUT2D eigenvalue weighted by molar-refractivity contribution is -0.129. The normalized spacial score (nSPS) is 17.8. The number of carboxylic acids is 1. The molecular weight excluding hydrogens is 332 g/mol. The summed E-state index contributed by atoms with van der Waals surface area (Å²) in [6.07, 6.45) is 0.177. The van der Waals surface area contributed by atoms with Gasteiger partial charge in [0.05, 0.1) is 17.5 Å². The van der Waals surface area contributed by atoms with Crippen LogP contribution in [0.2, 0.25) is 0 Å². The zero-order chi connectivity index (χ0) is 18.7. The minimum atomic E-state index is -1.02. The van der Waals surface area contributed by atoms with E-state index in [0.29, 0.717) is 12.2 Å². The molecule has 1 saturated heterocycles. The van der Waals surface area contributed by atoms with Gasteiger partial charge in [-0.3, -0.25) is 9.59 Å². The van der Waals surface area contributed by atoms with E-state index in [-0.39, 0.29) is 29.8 Å².